The van der Waals surface area contributed by atoms with Crippen molar-refractivity contribution in [3.8, 4) is 17.6 Å². The minimum absolute atomic E-state index is 0.0353. The molecule has 1 aliphatic carbocycles. The largest absolute Gasteiger partial charge is 0.497 e. The number of carbonyl (C=O) groups is 1. The molecule has 10 heteroatoms. The fourth-order valence-corrected chi connectivity index (χ4v) is 3.64. The number of methoxy groups -OCH3 is 2. The number of anilines is 3. The maximum Gasteiger partial charge on any atom is 0.407 e. The molecule has 1 amide bonds. The number of rotatable bonds is 9. The third kappa shape index (κ3) is 7.12. The fourth-order valence-electron chi connectivity index (χ4n) is 3.64. The van der Waals surface area contributed by atoms with Crippen LogP contribution in [-0.2, 0) is 4.74 Å². The molecule has 1 heterocycles. The van der Waals surface area contributed by atoms with Crippen molar-refractivity contribution in [3.05, 3.63) is 35.6 Å². The van der Waals surface area contributed by atoms with Gasteiger partial charge in [0.25, 0.3) is 0 Å². The highest BCUT2D eigenvalue weighted by molar-refractivity contribution is 5.69. The summed E-state index contributed by atoms with van der Waals surface area (Å²) in [4.78, 5) is 16.7. The molecule has 2 atom stereocenters. The predicted molar refractivity (Wildman–Crippen MR) is 131 cm³/mol. The zero-order chi connectivity index (χ0) is 25.8. The van der Waals surface area contributed by atoms with Gasteiger partial charge in [-0.15, -0.1) is 0 Å². The quantitative estimate of drug-likeness (QED) is 0.456. The normalized spacial score (nSPS) is 14.8. The Morgan fingerprint density at radius 3 is 2.29 bits per heavy atom. The minimum atomic E-state index is -0.672. The van der Waals surface area contributed by atoms with Gasteiger partial charge in [0.2, 0.25) is 0 Å². The molecule has 35 heavy (non-hydrogen) atoms. The standard InChI is InChI=1S/C25H32FN5O4/c1-14(21(15-7-8-15)30-24(32)35-25(2,3)4)28-23-20(26)9-16(13-27)22(31-23)29-17-10-18(33-5)12-19(11-17)34-6/h9-12,14-15,21H,7-8H2,1-6H3,(H,30,32)(H2,28,29,31)/t14-,21-/m1/s1. The number of aromatic nitrogens is 1. The van der Waals surface area contributed by atoms with Crippen LogP contribution < -0.4 is 25.4 Å². The van der Waals surface area contributed by atoms with Crippen molar-refractivity contribution in [1.29, 1.82) is 5.26 Å². The molecule has 0 spiro atoms. The lowest BCUT2D eigenvalue weighted by Crippen LogP contribution is -2.48. The van der Waals surface area contributed by atoms with Crippen LogP contribution in [0.4, 0.5) is 26.5 Å². The summed E-state index contributed by atoms with van der Waals surface area (Å²) in [6, 6.07) is 7.58. The SMILES string of the molecule is COc1cc(Nc2nc(N[C@H](C)[C@@H](NC(=O)OC(C)(C)C)C3CC3)c(F)cc2C#N)cc(OC)c1. The van der Waals surface area contributed by atoms with E-state index in [0.29, 0.717) is 17.2 Å². The second kappa shape index (κ2) is 10.7. The van der Waals surface area contributed by atoms with Crippen LogP contribution in [-0.4, -0.2) is 43.0 Å². The van der Waals surface area contributed by atoms with Crippen molar-refractivity contribution in [2.45, 2.75) is 58.2 Å². The highest BCUT2D eigenvalue weighted by Gasteiger charge is 2.37. The Morgan fingerprint density at radius 1 is 1.14 bits per heavy atom. The molecule has 0 radical (unpaired) electrons. The van der Waals surface area contributed by atoms with E-state index in [9.17, 15) is 14.4 Å². The van der Waals surface area contributed by atoms with Gasteiger partial charge in [-0.3, -0.25) is 0 Å². The second-order valence-electron chi connectivity index (χ2n) is 9.50. The van der Waals surface area contributed by atoms with Gasteiger partial charge in [0.05, 0.1) is 25.8 Å². The number of carbonyl (C=O) groups excluding carboxylic acids is 1. The Bertz CT molecular complexity index is 1090. The number of hydrogen-bond donors (Lipinski definition) is 3. The van der Waals surface area contributed by atoms with Gasteiger partial charge in [0.1, 0.15) is 23.2 Å². The van der Waals surface area contributed by atoms with Crippen molar-refractivity contribution in [3.63, 3.8) is 0 Å². The van der Waals surface area contributed by atoms with Crippen molar-refractivity contribution >= 4 is 23.4 Å². The smallest absolute Gasteiger partial charge is 0.407 e. The molecule has 0 bridgehead atoms. The number of halogens is 1. The van der Waals surface area contributed by atoms with Crippen LogP contribution in [0.25, 0.3) is 0 Å². The summed E-state index contributed by atoms with van der Waals surface area (Å²) in [6.45, 7) is 7.23. The number of hydrogen-bond acceptors (Lipinski definition) is 8. The average molecular weight is 486 g/mol. The molecule has 9 nitrogen and oxygen atoms in total. The van der Waals surface area contributed by atoms with Gasteiger partial charge in [-0.1, -0.05) is 0 Å². The molecule has 3 rings (SSSR count). The van der Waals surface area contributed by atoms with Crippen molar-refractivity contribution in [2.75, 3.05) is 24.9 Å². The highest BCUT2D eigenvalue weighted by Crippen LogP contribution is 2.35. The molecule has 1 aliphatic rings. The van der Waals surface area contributed by atoms with E-state index in [1.54, 1.807) is 39.0 Å². The van der Waals surface area contributed by atoms with E-state index in [1.165, 1.54) is 14.2 Å². The summed E-state index contributed by atoms with van der Waals surface area (Å²) >= 11 is 0. The van der Waals surface area contributed by atoms with Gasteiger partial charge in [-0.2, -0.15) is 5.26 Å². The summed E-state index contributed by atoms with van der Waals surface area (Å²) in [5, 5.41) is 18.5. The van der Waals surface area contributed by atoms with E-state index in [2.05, 4.69) is 20.9 Å². The van der Waals surface area contributed by atoms with E-state index < -0.39 is 17.5 Å². The lowest BCUT2D eigenvalue weighted by Gasteiger charge is -2.28. The molecular formula is C25H32FN5O4. The number of pyridine rings is 1. The van der Waals surface area contributed by atoms with Crippen LogP contribution in [0.2, 0.25) is 0 Å². The molecule has 1 fully saturated rings. The lowest BCUT2D eigenvalue weighted by molar-refractivity contribution is 0.0493. The van der Waals surface area contributed by atoms with E-state index in [1.807, 2.05) is 13.0 Å². The molecule has 1 saturated carbocycles. The van der Waals surface area contributed by atoms with Gasteiger partial charge in [0, 0.05) is 29.9 Å². The molecule has 3 N–H and O–H groups in total. The first-order valence-electron chi connectivity index (χ1n) is 11.4. The number of nitrogens with zero attached hydrogens (tertiary/aromatic N) is 2. The van der Waals surface area contributed by atoms with Gasteiger partial charge in [0.15, 0.2) is 17.5 Å². The van der Waals surface area contributed by atoms with Gasteiger partial charge < -0.3 is 30.2 Å². The molecule has 0 unspecified atom stereocenters. The third-order valence-corrected chi connectivity index (χ3v) is 5.43. The maximum absolute atomic E-state index is 14.9. The first-order chi connectivity index (χ1) is 16.5. The Balaban J connectivity index is 1.83. The first kappa shape index (κ1) is 25.9. The van der Waals surface area contributed by atoms with Crippen LogP contribution >= 0.6 is 0 Å². The van der Waals surface area contributed by atoms with Crippen LogP contribution in [0, 0.1) is 23.1 Å². The lowest BCUT2D eigenvalue weighted by atomic mass is 10.1. The number of ether oxygens (including phenoxy) is 3. The van der Waals surface area contributed by atoms with Crippen molar-refractivity contribution < 1.29 is 23.4 Å². The molecule has 1 aromatic carbocycles. The van der Waals surface area contributed by atoms with Crippen LogP contribution in [0.3, 0.4) is 0 Å². The minimum Gasteiger partial charge on any atom is -0.497 e. The number of nitrogens with one attached hydrogen (secondary N) is 3. The van der Waals surface area contributed by atoms with E-state index in [-0.39, 0.29) is 35.2 Å². The zero-order valence-corrected chi connectivity index (χ0v) is 20.9. The summed E-state index contributed by atoms with van der Waals surface area (Å²) in [5.41, 5.74) is -0.0368. The van der Waals surface area contributed by atoms with Gasteiger partial charge >= 0.3 is 6.09 Å². The van der Waals surface area contributed by atoms with Crippen LogP contribution in [0.1, 0.15) is 46.1 Å². The molecule has 0 aliphatic heterocycles. The van der Waals surface area contributed by atoms with Crippen LogP contribution in [0.5, 0.6) is 11.5 Å². The molecule has 1 aromatic heterocycles. The van der Waals surface area contributed by atoms with Crippen LogP contribution in [0.15, 0.2) is 24.3 Å². The highest BCUT2D eigenvalue weighted by atomic mass is 19.1. The Morgan fingerprint density at radius 2 is 1.77 bits per heavy atom. The van der Waals surface area contributed by atoms with Gasteiger partial charge in [-0.05, 0) is 52.5 Å². The topological polar surface area (TPSA) is 118 Å². The molecule has 0 saturated heterocycles. The molecule has 2 aromatic rings. The van der Waals surface area contributed by atoms with E-state index in [4.69, 9.17) is 14.2 Å². The zero-order valence-electron chi connectivity index (χ0n) is 20.9. The summed E-state index contributed by atoms with van der Waals surface area (Å²) in [6.07, 6.45) is 1.39. The van der Waals surface area contributed by atoms with E-state index in [0.717, 1.165) is 18.9 Å². The predicted octanol–water partition coefficient (Wildman–Crippen LogP) is 4.96. The first-order valence-corrected chi connectivity index (χ1v) is 11.4. The number of benzene rings is 1. The molecular weight excluding hydrogens is 453 g/mol. The number of alkyl carbamates (subject to hydrolysis) is 1. The summed E-state index contributed by atoms with van der Waals surface area (Å²) in [5.74, 6) is 0.801. The number of amides is 1. The summed E-state index contributed by atoms with van der Waals surface area (Å²) < 4.78 is 30.8. The van der Waals surface area contributed by atoms with Crippen molar-refractivity contribution in [1.82, 2.24) is 10.3 Å². The van der Waals surface area contributed by atoms with E-state index >= 15 is 0 Å². The Hall–Kier alpha value is -3.74. The second-order valence-corrected chi connectivity index (χ2v) is 9.50. The number of nitriles is 1. The fraction of sp³-hybridized carbons (Fsp3) is 0.480. The molecule has 188 valence electrons. The maximum atomic E-state index is 14.9. The third-order valence-electron chi connectivity index (χ3n) is 5.43. The Kier molecular flexibility index (Phi) is 7.89. The average Bonchev–Trinajstić information content (AvgIpc) is 3.63. The van der Waals surface area contributed by atoms with Crippen molar-refractivity contribution in [2.24, 2.45) is 5.92 Å². The monoisotopic (exact) mass is 485 g/mol. The summed E-state index contributed by atoms with van der Waals surface area (Å²) in [7, 11) is 3.06. The van der Waals surface area contributed by atoms with Gasteiger partial charge in [-0.25, -0.2) is 14.2 Å². The Labute approximate surface area is 205 Å².